The molecule has 2 unspecified atom stereocenters. The Morgan fingerprint density at radius 1 is 0.760 bits per heavy atom. The van der Waals surface area contributed by atoms with Crippen molar-refractivity contribution < 1.29 is 9.85 Å². The minimum Gasteiger partial charge on any atom is -0.364 e. The summed E-state index contributed by atoms with van der Waals surface area (Å²) in [5.74, 6) is -0.947. The molecule has 25 heavy (non-hydrogen) atoms. The van der Waals surface area contributed by atoms with Crippen molar-refractivity contribution in [2.75, 3.05) is 13.1 Å². The van der Waals surface area contributed by atoms with Gasteiger partial charge in [0.25, 0.3) is 0 Å². The van der Waals surface area contributed by atoms with Crippen molar-refractivity contribution in [3.05, 3.63) is 91.8 Å². The maximum Gasteiger partial charge on any atom is 0.217 e. The largest absolute Gasteiger partial charge is 0.364 e. The van der Waals surface area contributed by atoms with Gasteiger partial charge in [-0.05, 0) is 36.4 Å². The van der Waals surface area contributed by atoms with Gasteiger partial charge in [-0.3, -0.25) is 20.2 Å². The zero-order chi connectivity index (χ0) is 17.8. The molecule has 0 aromatic carbocycles. The lowest BCUT2D eigenvalue weighted by molar-refractivity contribution is -0.482. The highest BCUT2D eigenvalue weighted by atomic mass is 16.6. The van der Waals surface area contributed by atoms with Gasteiger partial charge in [0.2, 0.25) is 13.1 Å². The Morgan fingerprint density at radius 2 is 1.20 bits per heavy atom. The summed E-state index contributed by atoms with van der Waals surface area (Å²) < 4.78 is 0. The fraction of sp³-hybridized carbons (Fsp3) is 0.250. The number of hydrogen-bond acceptors (Lipinski definition) is 4. The molecule has 0 saturated carbocycles. The highest BCUT2D eigenvalue weighted by Crippen LogP contribution is 2.28. The van der Waals surface area contributed by atoms with Crippen LogP contribution in [0.5, 0.6) is 0 Å². The molecular formula is C16H17N5O4. The van der Waals surface area contributed by atoms with E-state index in [4.69, 9.17) is 0 Å². The predicted octanol–water partition coefficient (Wildman–Crippen LogP) is 2.49. The second kappa shape index (κ2) is 7.04. The average Bonchev–Trinajstić information content (AvgIpc) is 3.32. The highest BCUT2D eigenvalue weighted by Gasteiger charge is 2.26. The summed E-state index contributed by atoms with van der Waals surface area (Å²) in [6, 6.07) is 10.6. The van der Waals surface area contributed by atoms with Crippen LogP contribution < -0.4 is 0 Å². The van der Waals surface area contributed by atoms with Gasteiger partial charge in [0.1, 0.15) is 11.8 Å². The molecule has 0 radical (unpaired) electrons. The molecule has 3 aromatic rings. The van der Waals surface area contributed by atoms with Crippen LogP contribution in [0.1, 0.15) is 34.6 Å². The van der Waals surface area contributed by atoms with E-state index in [0.717, 1.165) is 11.4 Å². The van der Waals surface area contributed by atoms with Crippen LogP contribution in [0.15, 0.2) is 48.8 Å². The summed E-state index contributed by atoms with van der Waals surface area (Å²) in [5.41, 5.74) is 2.73. The molecule has 3 rings (SSSR count). The second-order valence-corrected chi connectivity index (χ2v) is 5.76. The number of H-pyrrole nitrogens is 3. The molecule has 0 aliphatic carbocycles. The minimum atomic E-state index is -0.473. The fourth-order valence-electron chi connectivity index (χ4n) is 2.98. The van der Waals surface area contributed by atoms with Crippen LogP contribution in [0, 0.1) is 20.2 Å². The molecule has 9 nitrogen and oxygen atoms in total. The summed E-state index contributed by atoms with van der Waals surface area (Å²) in [6.45, 7) is -0.550. The molecule has 3 N–H and O–H groups in total. The first-order chi connectivity index (χ1) is 12.0. The number of nitrogens with zero attached hydrogens (tertiary/aromatic N) is 2. The molecule has 3 heterocycles. The summed E-state index contributed by atoms with van der Waals surface area (Å²) in [4.78, 5) is 30.5. The zero-order valence-corrected chi connectivity index (χ0v) is 13.2. The zero-order valence-electron chi connectivity index (χ0n) is 13.2. The van der Waals surface area contributed by atoms with Crippen LogP contribution in [0.2, 0.25) is 0 Å². The van der Waals surface area contributed by atoms with Gasteiger partial charge in [0.05, 0.1) is 0 Å². The van der Waals surface area contributed by atoms with Crippen molar-refractivity contribution in [1.82, 2.24) is 15.0 Å². The van der Waals surface area contributed by atoms with E-state index in [1.54, 1.807) is 48.8 Å². The van der Waals surface area contributed by atoms with Gasteiger partial charge in [0, 0.05) is 45.0 Å². The average molecular weight is 343 g/mol. The molecule has 2 atom stereocenters. The third-order valence-corrected chi connectivity index (χ3v) is 4.14. The molecule has 0 spiro atoms. The van der Waals surface area contributed by atoms with Gasteiger partial charge in [-0.15, -0.1) is 0 Å². The topological polar surface area (TPSA) is 134 Å². The maximum atomic E-state index is 11.0. The Morgan fingerprint density at radius 3 is 1.52 bits per heavy atom. The number of nitro groups is 2. The SMILES string of the molecule is O=[N+]([O-])CC(c1ccc[nH]1)c1ccc(C(C[N+](=O)[O-])c2ccc[nH]2)[nH]1. The number of aromatic nitrogens is 3. The number of nitrogens with one attached hydrogen (secondary N) is 3. The monoisotopic (exact) mass is 343 g/mol. The van der Waals surface area contributed by atoms with Crippen LogP contribution >= 0.6 is 0 Å². The molecule has 0 fully saturated rings. The summed E-state index contributed by atoms with van der Waals surface area (Å²) >= 11 is 0. The van der Waals surface area contributed by atoms with Gasteiger partial charge in [-0.1, -0.05) is 0 Å². The van der Waals surface area contributed by atoms with Crippen molar-refractivity contribution >= 4 is 0 Å². The number of hydrogen-bond donors (Lipinski definition) is 3. The van der Waals surface area contributed by atoms with Gasteiger partial charge in [-0.2, -0.15) is 0 Å². The lowest BCUT2D eigenvalue weighted by Gasteiger charge is -2.12. The molecule has 0 bridgehead atoms. The summed E-state index contributed by atoms with van der Waals surface area (Å²) in [7, 11) is 0. The third kappa shape index (κ3) is 3.77. The lowest BCUT2D eigenvalue weighted by atomic mass is 10.0. The molecule has 9 heteroatoms. The Hall–Kier alpha value is -3.36. The molecule has 3 aromatic heterocycles. The van der Waals surface area contributed by atoms with Crippen molar-refractivity contribution in [2.45, 2.75) is 11.8 Å². The smallest absolute Gasteiger partial charge is 0.217 e. The summed E-state index contributed by atoms with van der Waals surface area (Å²) in [6.07, 6.45) is 3.42. The predicted molar refractivity (Wildman–Crippen MR) is 89.8 cm³/mol. The third-order valence-electron chi connectivity index (χ3n) is 4.14. The van der Waals surface area contributed by atoms with Crippen molar-refractivity contribution in [1.29, 1.82) is 0 Å². The first-order valence-corrected chi connectivity index (χ1v) is 7.73. The second-order valence-electron chi connectivity index (χ2n) is 5.76. The maximum absolute atomic E-state index is 11.0. The van der Waals surface area contributed by atoms with E-state index in [2.05, 4.69) is 15.0 Å². The van der Waals surface area contributed by atoms with E-state index in [0.29, 0.717) is 11.4 Å². The van der Waals surface area contributed by atoms with E-state index in [1.165, 1.54) is 0 Å². The molecular weight excluding hydrogens is 326 g/mol. The van der Waals surface area contributed by atoms with Gasteiger partial charge < -0.3 is 15.0 Å². The Bertz CT molecular complexity index is 769. The van der Waals surface area contributed by atoms with Crippen LogP contribution in [0.4, 0.5) is 0 Å². The van der Waals surface area contributed by atoms with E-state index >= 15 is 0 Å². The van der Waals surface area contributed by atoms with E-state index in [-0.39, 0.29) is 22.9 Å². The van der Waals surface area contributed by atoms with Crippen LogP contribution in [-0.2, 0) is 0 Å². The normalized spacial score (nSPS) is 13.4. The van der Waals surface area contributed by atoms with Crippen LogP contribution in [0.3, 0.4) is 0 Å². The van der Waals surface area contributed by atoms with Gasteiger partial charge >= 0.3 is 0 Å². The number of aromatic amines is 3. The molecule has 0 aliphatic heterocycles. The molecule has 0 aliphatic rings. The first-order valence-electron chi connectivity index (χ1n) is 7.73. The molecule has 130 valence electrons. The fourth-order valence-corrected chi connectivity index (χ4v) is 2.98. The van der Waals surface area contributed by atoms with Crippen molar-refractivity contribution in [2.24, 2.45) is 0 Å². The van der Waals surface area contributed by atoms with E-state index < -0.39 is 11.8 Å². The lowest BCUT2D eigenvalue weighted by Crippen LogP contribution is -2.16. The molecule has 0 amide bonds. The van der Waals surface area contributed by atoms with E-state index in [9.17, 15) is 20.2 Å². The highest BCUT2D eigenvalue weighted by molar-refractivity contribution is 5.31. The van der Waals surface area contributed by atoms with Crippen LogP contribution in [-0.4, -0.2) is 37.9 Å². The molecule has 0 saturated heterocycles. The number of rotatable bonds is 8. The van der Waals surface area contributed by atoms with Gasteiger partial charge in [0.15, 0.2) is 0 Å². The van der Waals surface area contributed by atoms with Gasteiger partial charge in [-0.25, -0.2) is 0 Å². The van der Waals surface area contributed by atoms with Crippen molar-refractivity contribution in [3.8, 4) is 0 Å². The van der Waals surface area contributed by atoms with Crippen LogP contribution in [0.25, 0.3) is 0 Å². The quantitative estimate of drug-likeness (QED) is 0.428. The standard InChI is InChI=1S/C16H17N5O4/c22-20(23)9-11(13-3-1-7-17-13)15-5-6-16(19-15)12(10-21(24)25)14-4-2-8-18-14/h1-8,11-12,17-19H,9-10H2. The Balaban J connectivity index is 1.93. The Labute approximate surface area is 142 Å². The summed E-state index contributed by atoms with van der Waals surface area (Å²) in [5, 5.41) is 22.1. The minimum absolute atomic E-state index is 0.275. The van der Waals surface area contributed by atoms with E-state index in [1.807, 2.05) is 0 Å². The van der Waals surface area contributed by atoms with Crippen molar-refractivity contribution in [3.63, 3.8) is 0 Å². The first kappa shape index (κ1) is 16.5. The Kier molecular flexibility index (Phi) is 4.64.